The molecule has 1 heterocycles. The van der Waals surface area contributed by atoms with E-state index in [9.17, 15) is 14.0 Å². The van der Waals surface area contributed by atoms with Crippen LogP contribution in [0.5, 0.6) is 0 Å². The molecule has 0 fully saturated rings. The molecular formula is C21H26FN3O2. The Morgan fingerprint density at radius 2 is 1.81 bits per heavy atom. The number of nitrogens with one attached hydrogen (secondary N) is 1. The smallest absolute Gasteiger partial charge is 0.269 e. The molecule has 1 aromatic carbocycles. The summed E-state index contributed by atoms with van der Waals surface area (Å²) in [5.41, 5.74) is 1.18. The molecule has 2 rings (SSSR count). The van der Waals surface area contributed by atoms with Crippen LogP contribution in [0.1, 0.15) is 53.1 Å². The van der Waals surface area contributed by atoms with Crippen LogP contribution >= 0.6 is 0 Å². The highest BCUT2D eigenvalue weighted by Crippen LogP contribution is 2.09. The Hall–Kier alpha value is -2.76. The molecule has 0 bridgehead atoms. The summed E-state index contributed by atoms with van der Waals surface area (Å²) in [4.78, 5) is 30.8. The Kier molecular flexibility index (Phi) is 7.92. The highest BCUT2D eigenvalue weighted by molar-refractivity contribution is 5.98. The van der Waals surface area contributed by atoms with Gasteiger partial charge in [-0.1, -0.05) is 32.0 Å². The van der Waals surface area contributed by atoms with Crippen LogP contribution in [0, 0.1) is 5.82 Å². The average molecular weight is 371 g/mol. The molecule has 0 aliphatic rings. The largest absolute Gasteiger partial charge is 0.350 e. The van der Waals surface area contributed by atoms with Crippen molar-refractivity contribution in [3.63, 3.8) is 0 Å². The average Bonchev–Trinajstić information content (AvgIpc) is 2.68. The Bertz CT molecular complexity index is 774. The molecule has 0 spiro atoms. The Morgan fingerprint density at radius 1 is 1.11 bits per heavy atom. The normalized spacial score (nSPS) is 10.5. The van der Waals surface area contributed by atoms with Crippen molar-refractivity contribution >= 4 is 11.8 Å². The first-order chi connectivity index (χ1) is 13.1. The summed E-state index contributed by atoms with van der Waals surface area (Å²) in [6, 6.07) is 9.61. The summed E-state index contributed by atoms with van der Waals surface area (Å²) in [6.07, 6.45) is 3.60. The maximum atomic E-state index is 13.6. The molecule has 0 aliphatic heterocycles. The third kappa shape index (κ3) is 5.88. The van der Waals surface area contributed by atoms with E-state index in [1.165, 1.54) is 18.3 Å². The first kappa shape index (κ1) is 20.6. The van der Waals surface area contributed by atoms with Crippen LogP contribution in [0.2, 0.25) is 0 Å². The number of carbonyl (C=O) groups excluding carboxylic acids is 2. The van der Waals surface area contributed by atoms with E-state index in [1.54, 1.807) is 29.2 Å². The monoisotopic (exact) mass is 371 g/mol. The van der Waals surface area contributed by atoms with Gasteiger partial charge in [0.25, 0.3) is 11.8 Å². The second-order valence-corrected chi connectivity index (χ2v) is 6.32. The van der Waals surface area contributed by atoms with Crippen LogP contribution in [-0.4, -0.2) is 41.3 Å². The van der Waals surface area contributed by atoms with Crippen molar-refractivity contribution in [3.05, 3.63) is 65.2 Å². The highest BCUT2D eigenvalue weighted by atomic mass is 19.1. The predicted octanol–water partition coefficient (Wildman–Crippen LogP) is 3.46. The van der Waals surface area contributed by atoms with E-state index in [2.05, 4.69) is 10.3 Å². The number of aromatic nitrogens is 1. The van der Waals surface area contributed by atoms with Crippen molar-refractivity contribution in [1.82, 2.24) is 15.2 Å². The second-order valence-electron chi connectivity index (χ2n) is 6.32. The zero-order valence-electron chi connectivity index (χ0n) is 15.9. The Labute approximate surface area is 159 Å². The third-order valence-corrected chi connectivity index (χ3v) is 4.15. The molecule has 27 heavy (non-hydrogen) atoms. The van der Waals surface area contributed by atoms with Gasteiger partial charge in [-0.2, -0.15) is 0 Å². The molecular weight excluding hydrogens is 345 g/mol. The van der Waals surface area contributed by atoms with Gasteiger partial charge in [0.1, 0.15) is 11.5 Å². The number of rotatable bonds is 9. The summed E-state index contributed by atoms with van der Waals surface area (Å²) >= 11 is 0. The van der Waals surface area contributed by atoms with Crippen LogP contribution in [0.25, 0.3) is 0 Å². The number of hydrogen-bond acceptors (Lipinski definition) is 3. The number of halogens is 1. The van der Waals surface area contributed by atoms with Crippen molar-refractivity contribution < 1.29 is 14.0 Å². The van der Waals surface area contributed by atoms with E-state index in [4.69, 9.17) is 0 Å². The lowest BCUT2D eigenvalue weighted by Gasteiger charge is -2.21. The number of amides is 2. The molecule has 0 atom stereocenters. The molecule has 1 N–H and O–H groups in total. The van der Waals surface area contributed by atoms with E-state index in [0.717, 1.165) is 12.8 Å². The predicted molar refractivity (Wildman–Crippen MR) is 103 cm³/mol. The van der Waals surface area contributed by atoms with Gasteiger partial charge in [-0.3, -0.25) is 14.6 Å². The summed E-state index contributed by atoms with van der Waals surface area (Å²) in [5, 5.41) is 2.73. The number of carbonyl (C=O) groups is 2. The van der Waals surface area contributed by atoms with Crippen LogP contribution in [-0.2, 0) is 6.42 Å². The fourth-order valence-electron chi connectivity index (χ4n) is 2.83. The van der Waals surface area contributed by atoms with Crippen LogP contribution < -0.4 is 5.32 Å². The molecule has 2 aromatic rings. The van der Waals surface area contributed by atoms with E-state index in [1.807, 2.05) is 13.8 Å². The summed E-state index contributed by atoms with van der Waals surface area (Å²) in [6.45, 7) is 5.70. The van der Waals surface area contributed by atoms with Crippen LogP contribution in [0.3, 0.4) is 0 Å². The van der Waals surface area contributed by atoms with Gasteiger partial charge in [-0.15, -0.1) is 0 Å². The molecule has 0 aliphatic carbocycles. The van der Waals surface area contributed by atoms with Gasteiger partial charge in [-0.25, -0.2) is 4.39 Å². The van der Waals surface area contributed by atoms with E-state index in [-0.39, 0.29) is 29.9 Å². The zero-order chi connectivity index (χ0) is 19.6. The first-order valence-electron chi connectivity index (χ1n) is 9.33. The number of hydrogen-bond donors (Lipinski definition) is 1. The molecule has 2 amide bonds. The molecule has 0 saturated heterocycles. The SMILES string of the molecule is CCCN(CCC)C(=O)c1ccnc(C(=O)NCCc2ccccc2F)c1. The second kappa shape index (κ2) is 10.4. The molecule has 5 nitrogen and oxygen atoms in total. The van der Waals surface area contributed by atoms with Gasteiger partial charge in [0.15, 0.2) is 0 Å². The molecule has 0 unspecified atom stereocenters. The van der Waals surface area contributed by atoms with Gasteiger partial charge < -0.3 is 10.2 Å². The Balaban J connectivity index is 2.00. The maximum Gasteiger partial charge on any atom is 0.269 e. The van der Waals surface area contributed by atoms with Gasteiger partial charge in [0.2, 0.25) is 0 Å². The van der Waals surface area contributed by atoms with E-state index < -0.39 is 0 Å². The number of pyridine rings is 1. The van der Waals surface area contributed by atoms with Gasteiger partial charge in [-0.05, 0) is 43.0 Å². The van der Waals surface area contributed by atoms with Crippen molar-refractivity contribution in [2.24, 2.45) is 0 Å². The van der Waals surface area contributed by atoms with Crippen LogP contribution in [0.15, 0.2) is 42.6 Å². The van der Waals surface area contributed by atoms with Crippen molar-refractivity contribution in [1.29, 1.82) is 0 Å². The van der Waals surface area contributed by atoms with Crippen molar-refractivity contribution in [3.8, 4) is 0 Å². The van der Waals surface area contributed by atoms with E-state index in [0.29, 0.717) is 30.6 Å². The van der Waals surface area contributed by atoms with Crippen molar-refractivity contribution in [2.75, 3.05) is 19.6 Å². The standard InChI is InChI=1S/C21H26FN3O2/c1-3-13-25(14-4-2)21(27)17-10-11-23-19(15-17)20(26)24-12-9-16-7-5-6-8-18(16)22/h5-8,10-11,15H,3-4,9,12-14H2,1-2H3,(H,24,26). The highest BCUT2D eigenvalue weighted by Gasteiger charge is 2.16. The van der Waals surface area contributed by atoms with E-state index >= 15 is 0 Å². The molecule has 6 heteroatoms. The minimum Gasteiger partial charge on any atom is -0.350 e. The summed E-state index contributed by atoms with van der Waals surface area (Å²) < 4.78 is 13.6. The number of benzene rings is 1. The summed E-state index contributed by atoms with van der Waals surface area (Å²) in [5.74, 6) is -0.760. The molecule has 1 aromatic heterocycles. The van der Waals surface area contributed by atoms with Crippen LogP contribution in [0.4, 0.5) is 4.39 Å². The van der Waals surface area contributed by atoms with Gasteiger partial charge in [0, 0.05) is 31.4 Å². The minimum atomic E-state index is -0.376. The zero-order valence-corrected chi connectivity index (χ0v) is 15.9. The fourth-order valence-corrected chi connectivity index (χ4v) is 2.83. The summed E-state index contributed by atoms with van der Waals surface area (Å²) in [7, 11) is 0. The lowest BCUT2D eigenvalue weighted by Crippen LogP contribution is -2.33. The Morgan fingerprint density at radius 3 is 2.48 bits per heavy atom. The lowest BCUT2D eigenvalue weighted by molar-refractivity contribution is 0.0755. The molecule has 0 saturated carbocycles. The van der Waals surface area contributed by atoms with Crippen molar-refractivity contribution in [2.45, 2.75) is 33.1 Å². The fraction of sp³-hybridized carbons (Fsp3) is 0.381. The number of nitrogens with zero attached hydrogens (tertiary/aromatic N) is 2. The third-order valence-electron chi connectivity index (χ3n) is 4.15. The molecule has 0 radical (unpaired) electrons. The minimum absolute atomic E-state index is 0.0958. The lowest BCUT2D eigenvalue weighted by atomic mass is 10.1. The molecule has 144 valence electrons. The first-order valence-corrected chi connectivity index (χ1v) is 9.33. The van der Waals surface area contributed by atoms with Gasteiger partial charge in [0.05, 0.1) is 0 Å². The maximum absolute atomic E-state index is 13.6. The topological polar surface area (TPSA) is 62.3 Å². The quantitative estimate of drug-likeness (QED) is 0.734. The van der Waals surface area contributed by atoms with Gasteiger partial charge >= 0.3 is 0 Å².